The van der Waals surface area contributed by atoms with Crippen LogP contribution in [-0.4, -0.2) is 12.5 Å². The van der Waals surface area contributed by atoms with Crippen molar-refractivity contribution in [1.29, 1.82) is 5.41 Å². The number of carbonyl (C=O) groups excluding carboxylic acids is 1. The van der Waals surface area contributed by atoms with Crippen LogP contribution in [0, 0.1) is 5.41 Å². The van der Waals surface area contributed by atoms with Gasteiger partial charge in [0.25, 0.3) is 0 Å². The van der Waals surface area contributed by atoms with Crippen molar-refractivity contribution >= 4 is 30.2 Å². The predicted molar refractivity (Wildman–Crippen MR) is 108 cm³/mol. The zero-order valence-corrected chi connectivity index (χ0v) is 14.8. The first-order valence-corrected chi connectivity index (χ1v) is 8.30. The van der Waals surface area contributed by atoms with Gasteiger partial charge >= 0.3 is 0 Å². The lowest BCUT2D eigenvalue weighted by molar-refractivity contribution is 0.112. The summed E-state index contributed by atoms with van der Waals surface area (Å²) < 4.78 is 0. The maximum atomic E-state index is 11.2. The highest BCUT2D eigenvalue weighted by atomic mass is 16.1. The molecule has 2 aromatic rings. The number of aldehydes is 1. The average molecular weight is 329 g/mol. The molecule has 1 N–H and O–H groups in total. The van der Waals surface area contributed by atoms with E-state index < -0.39 is 0 Å². The van der Waals surface area contributed by atoms with Crippen LogP contribution in [0.5, 0.6) is 0 Å². The summed E-state index contributed by atoms with van der Waals surface area (Å²) in [6.07, 6.45) is 10.5. The van der Waals surface area contributed by atoms with Crippen molar-refractivity contribution in [3.05, 3.63) is 87.8 Å². The Morgan fingerprint density at radius 3 is 2.36 bits per heavy atom. The minimum Gasteiger partial charge on any atom is -0.309 e. The van der Waals surface area contributed by atoms with Gasteiger partial charge in [-0.05, 0) is 71.2 Å². The summed E-state index contributed by atoms with van der Waals surface area (Å²) in [5.74, 6) is 0. The van der Waals surface area contributed by atoms with E-state index in [4.69, 9.17) is 5.41 Å². The van der Waals surface area contributed by atoms with E-state index in [0.29, 0.717) is 5.56 Å². The zero-order chi connectivity index (χ0) is 18.2. The summed E-state index contributed by atoms with van der Waals surface area (Å²) >= 11 is 0. The smallest absolute Gasteiger partial charge is 0.150 e. The van der Waals surface area contributed by atoms with Crippen molar-refractivity contribution in [2.45, 2.75) is 20.3 Å². The maximum absolute atomic E-state index is 11.2. The second-order valence-corrected chi connectivity index (χ2v) is 5.74. The van der Waals surface area contributed by atoms with E-state index in [9.17, 15) is 4.79 Å². The summed E-state index contributed by atoms with van der Waals surface area (Å²) in [5, 5.41) is 9.47. The van der Waals surface area contributed by atoms with Gasteiger partial charge in [0, 0.05) is 11.8 Å². The fourth-order valence-electron chi connectivity index (χ4n) is 2.98. The number of benzene rings is 2. The Kier molecular flexibility index (Phi) is 6.41. The Bertz CT molecular complexity index is 931. The summed E-state index contributed by atoms with van der Waals surface area (Å²) in [4.78, 5) is 11.2. The molecule has 0 aromatic heterocycles. The van der Waals surface area contributed by atoms with Gasteiger partial charge in [0.2, 0.25) is 0 Å². The van der Waals surface area contributed by atoms with Crippen molar-refractivity contribution < 1.29 is 4.79 Å². The molecule has 0 atom stereocenters. The Hall–Kier alpha value is -3.00. The van der Waals surface area contributed by atoms with E-state index in [2.05, 4.69) is 24.8 Å². The Balaban J connectivity index is 2.44. The third-order valence-electron chi connectivity index (χ3n) is 4.22. The number of carbonyl (C=O) groups is 1. The van der Waals surface area contributed by atoms with Gasteiger partial charge in [0.05, 0.1) is 0 Å². The van der Waals surface area contributed by atoms with Crippen LogP contribution < -0.4 is 10.4 Å². The third-order valence-corrected chi connectivity index (χ3v) is 4.22. The lowest BCUT2D eigenvalue weighted by atomic mass is 9.97. The van der Waals surface area contributed by atoms with Crippen molar-refractivity contribution in [1.82, 2.24) is 0 Å². The molecule has 0 radical (unpaired) electrons. The number of hydrogen-bond donors (Lipinski definition) is 1. The molecule has 0 aliphatic rings. The molecule has 2 nitrogen and oxygen atoms in total. The molecule has 25 heavy (non-hydrogen) atoms. The maximum Gasteiger partial charge on any atom is 0.150 e. The number of rotatable bonds is 6. The van der Waals surface area contributed by atoms with Gasteiger partial charge in [-0.3, -0.25) is 4.79 Å². The molecule has 0 saturated carbocycles. The molecule has 2 heteroatoms. The molecular weight excluding hydrogens is 306 g/mol. The standard InChI is InChI=1S/C23H23NO/c1-4-19(11-12-24)21-9-7-17(8-10-21)13-22-15-18(16-25)14-20(5-2)23(22)6-3/h4-12,14-16,24H,1,13H2,2-3H3/b19-11+,20-5-,23-6+,24-12?. The molecule has 0 bridgehead atoms. The predicted octanol–water partition coefficient (Wildman–Crippen LogP) is 3.91. The van der Waals surface area contributed by atoms with Crippen LogP contribution in [0.25, 0.3) is 17.7 Å². The van der Waals surface area contributed by atoms with Crippen LogP contribution in [0.4, 0.5) is 0 Å². The highest BCUT2D eigenvalue weighted by Crippen LogP contribution is 2.17. The Labute approximate surface area is 149 Å². The normalized spacial score (nSPS) is 13.0. The second kappa shape index (κ2) is 8.74. The molecule has 0 spiro atoms. The molecule has 0 heterocycles. The highest BCUT2D eigenvalue weighted by molar-refractivity contribution is 5.87. The topological polar surface area (TPSA) is 40.9 Å². The van der Waals surface area contributed by atoms with Crippen LogP contribution in [0.1, 0.15) is 40.9 Å². The van der Waals surface area contributed by atoms with Crippen molar-refractivity contribution in [3.8, 4) is 0 Å². The van der Waals surface area contributed by atoms with Gasteiger partial charge in [-0.25, -0.2) is 0 Å². The zero-order valence-electron chi connectivity index (χ0n) is 14.8. The fraction of sp³-hybridized carbons (Fsp3) is 0.130. The van der Waals surface area contributed by atoms with E-state index in [0.717, 1.165) is 34.6 Å². The monoisotopic (exact) mass is 329 g/mol. The average Bonchev–Trinajstić information content (AvgIpc) is 2.66. The minimum atomic E-state index is 0.702. The first-order valence-electron chi connectivity index (χ1n) is 8.30. The van der Waals surface area contributed by atoms with Crippen LogP contribution in [0.3, 0.4) is 0 Å². The van der Waals surface area contributed by atoms with Gasteiger partial charge in [-0.2, -0.15) is 0 Å². The number of nitrogens with one attached hydrogen (secondary N) is 1. The SMILES string of the molecule is C=C/C(=C\C=N)c1ccc(Cc2cc(C=O)cc(=C/C)/c2=C\C)cc1. The van der Waals surface area contributed by atoms with E-state index >= 15 is 0 Å². The first-order chi connectivity index (χ1) is 12.2. The van der Waals surface area contributed by atoms with Gasteiger partial charge in [-0.15, -0.1) is 0 Å². The van der Waals surface area contributed by atoms with E-state index in [1.807, 2.05) is 44.2 Å². The van der Waals surface area contributed by atoms with E-state index in [-0.39, 0.29) is 0 Å². The molecule has 0 fully saturated rings. The molecular formula is C23H23NO. The van der Waals surface area contributed by atoms with Crippen molar-refractivity contribution in [3.63, 3.8) is 0 Å². The molecule has 2 rings (SSSR count). The lowest BCUT2D eigenvalue weighted by Gasteiger charge is -2.08. The lowest BCUT2D eigenvalue weighted by Crippen LogP contribution is -2.29. The highest BCUT2D eigenvalue weighted by Gasteiger charge is 2.04. The Morgan fingerprint density at radius 1 is 1.12 bits per heavy atom. The third kappa shape index (κ3) is 4.30. The summed E-state index contributed by atoms with van der Waals surface area (Å²) in [7, 11) is 0. The molecule has 0 amide bonds. The van der Waals surface area contributed by atoms with Gasteiger partial charge < -0.3 is 5.41 Å². The van der Waals surface area contributed by atoms with Gasteiger partial charge in [-0.1, -0.05) is 49.1 Å². The fourth-order valence-corrected chi connectivity index (χ4v) is 2.98. The summed E-state index contributed by atoms with van der Waals surface area (Å²) in [6, 6.07) is 12.1. The quantitative estimate of drug-likeness (QED) is 0.487. The van der Waals surface area contributed by atoms with E-state index in [1.165, 1.54) is 17.0 Å². The molecule has 0 aliphatic heterocycles. The van der Waals surface area contributed by atoms with Gasteiger partial charge in [0.1, 0.15) is 6.29 Å². The number of allylic oxidation sites excluding steroid dienone is 3. The summed E-state index contributed by atoms with van der Waals surface area (Å²) in [6.45, 7) is 7.80. The van der Waals surface area contributed by atoms with Crippen LogP contribution in [0.15, 0.2) is 55.1 Å². The number of hydrogen-bond acceptors (Lipinski definition) is 2. The molecule has 2 aromatic carbocycles. The van der Waals surface area contributed by atoms with Crippen LogP contribution in [0.2, 0.25) is 0 Å². The molecule has 126 valence electrons. The summed E-state index contributed by atoms with van der Waals surface area (Å²) in [5.41, 5.74) is 4.99. The molecule has 0 aliphatic carbocycles. The first kappa shape index (κ1) is 18.3. The second-order valence-electron chi connectivity index (χ2n) is 5.74. The van der Waals surface area contributed by atoms with Crippen molar-refractivity contribution in [2.24, 2.45) is 0 Å². The van der Waals surface area contributed by atoms with Crippen LogP contribution in [-0.2, 0) is 6.42 Å². The molecule has 0 saturated heterocycles. The minimum absolute atomic E-state index is 0.702. The molecule has 0 unspecified atom stereocenters. The van der Waals surface area contributed by atoms with Crippen LogP contribution >= 0.6 is 0 Å². The largest absolute Gasteiger partial charge is 0.309 e. The van der Waals surface area contributed by atoms with Crippen molar-refractivity contribution in [2.75, 3.05) is 0 Å². The van der Waals surface area contributed by atoms with E-state index in [1.54, 1.807) is 12.2 Å². The van der Waals surface area contributed by atoms with Gasteiger partial charge in [0.15, 0.2) is 0 Å². The Morgan fingerprint density at radius 2 is 1.84 bits per heavy atom.